The van der Waals surface area contributed by atoms with Crippen molar-refractivity contribution in [3.8, 4) is 0 Å². The number of nitrogens with zero attached hydrogens (tertiary/aromatic N) is 2. The summed E-state index contributed by atoms with van der Waals surface area (Å²) < 4.78 is 5.50. The lowest BCUT2D eigenvalue weighted by atomic mass is 9.95. The normalized spacial score (nSPS) is 24.0. The Morgan fingerprint density at radius 3 is 2.89 bits per heavy atom. The third-order valence-electron chi connectivity index (χ3n) is 3.58. The number of pyridine rings is 1. The molecule has 2 rings (SSSR count). The lowest BCUT2D eigenvalue weighted by Gasteiger charge is -2.37. The molecule has 98 valence electrons. The van der Waals surface area contributed by atoms with Crippen LogP contribution in [0.1, 0.15) is 19.0 Å². The fraction of sp³-hybridized carbons (Fsp3) is 0.538. The highest BCUT2D eigenvalue weighted by Crippen LogP contribution is 2.24. The number of rotatable bonds is 3. The summed E-state index contributed by atoms with van der Waals surface area (Å²) in [4.78, 5) is 6.46. The zero-order chi connectivity index (χ0) is 13.1. The number of hydrogen-bond donors (Lipinski definition) is 2. The molecular weight excluding hydrogens is 228 g/mol. The number of nitrogens with two attached hydrogens (primary N) is 1. The Morgan fingerprint density at radius 2 is 2.33 bits per heavy atom. The second-order valence-electron chi connectivity index (χ2n) is 4.80. The smallest absolute Gasteiger partial charge is 0.141 e. The van der Waals surface area contributed by atoms with Gasteiger partial charge in [0.05, 0.1) is 18.0 Å². The standard InChI is InChI=1S/C13H20N4O/c1-9-5-6-17(8-12(9)18-2)10-3-4-11(13(14)15)16-7-10/h3-4,7,9,12H,5-6,8H2,1-2H3,(H3,14,15). The zero-order valence-electron chi connectivity index (χ0n) is 10.9. The van der Waals surface area contributed by atoms with Crippen LogP contribution < -0.4 is 10.6 Å². The Labute approximate surface area is 107 Å². The molecule has 1 aliphatic heterocycles. The Bertz CT molecular complexity index is 418. The van der Waals surface area contributed by atoms with E-state index in [2.05, 4.69) is 16.8 Å². The average Bonchev–Trinajstić information content (AvgIpc) is 2.39. The van der Waals surface area contributed by atoms with Crippen LogP contribution in [0.3, 0.4) is 0 Å². The van der Waals surface area contributed by atoms with Gasteiger partial charge in [-0.1, -0.05) is 6.92 Å². The number of ether oxygens (including phenoxy) is 1. The van der Waals surface area contributed by atoms with E-state index in [-0.39, 0.29) is 11.9 Å². The van der Waals surface area contributed by atoms with E-state index < -0.39 is 0 Å². The summed E-state index contributed by atoms with van der Waals surface area (Å²) in [7, 11) is 1.77. The van der Waals surface area contributed by atoms with E-state index >= 15 is 0 Å². The highest BCUT2D eigenvalue weighted by Gasteiger charge is 2.26. The first-order valence-corrected chi connectivity index (χ1v) is 6.20. The van der Waals surface area contributed by atoms with Gasteiger partial charge < -0.3 is 15.4 Å². The Balaban J connectivity index is 2.09. The SMILES string of the molecule is COC1CN(c2ccc(C(=N)N)nc2)CCC1C. The number of nitrogens with one attached hydrogen (secondary N) is 1. The van der Waals surface area contributed by atoms with Crippen LogP contribution in [0, 0.1) is 11.3 Å². The van der Waals surface area contributed by atoms with Gasteiger partial charge in [-0.15, -0.1) is 0 Å². The molecule has 1 fully saturated rings. The van der Waals surface area contributed by atoms with Gasteiger partial charge in [0, 0.05) is 20.2 Å². The molecule has 1 aromatic heterocycles. The maximum atomic E-state index is 7.32. The molecule has 1 saturated heterocycles. The lowest BCUT2D eigenvalue weighted by Crippen LogP contribution is -2.44. The summed E-state index contributed by atoms with van der Waals surface area (Å²) in [5.74, 6) is 0.597. The van der Waals surface area contributed by atoms with Crippen molar-refractivity contribution in [2.75, 3.05) is 25.1 Å². The first-order chi connectivity index (χ1) is 8.61. The van der Waals surface area contributed by atoms with Crippen LogP contribution in [-0.2, 0) is 4.74 Å². The van der Waals surface area contributed by atoms with Crippen molar-refractivity contribution in [2.45, 2.75) is 19.4 Å². The first-order valence-electron chi connectivity index (χ1n) is 6.20. The third kappa shape index (κ3) is 2.61. The van der Waals surface area contributed by atoms with Crippen molar-refractivity contribution in [1.82, 2.24) is 4.98 Å². The molecule has 0 aliphatic carbocycles. The molecule has 1 aromatic rings. The molecule has 0 radical (unpaired) electrons. The van der Waals surface area contributed by atoms with E-state index in [0.717, 1.165) is 25.2 Å². The first kappa shape index (κ1) is 12.8. The van der Waals surface area contributed by atoms with E-state index in [9.17, 15) is 0 Å². The number of amidine groups is 1. The summed E-state index contributed by atoms with van der Waals surface area (Å²) >= 11 is 0. The third-order valence-corrected chi connectivity index (χ3v) is 3.58. The molecule has 2 unspecified atom stereocenters. The number of anilines is 1. The summed E-state index contributed by atoms with van der Waals surface area (Å²) in [5, 5.41) is 7.32. The highest BCUT2D eigenvalue weighted by molar-refractivity contribution is 5.93. The summed E-state index contributed by atoms with van der Waals surface area (Å²) in [6.07, 6.45) is 3.16. The number of nitrogen functional groups attached to an aromatic ring is 1. The fourth-order valence-corrected chi connectivity index (χ4v) is 2.31. The lowest BCUT2D eigenvalue weighted by molar-refractivity contribution is 0.0498. The average molecular weight is 248 g/mol. The minimum absolute atomic E-state index is 0.00332. The van der Waals surface area contributed by atoms with E-state index in [1.165, 1.54) is 0 Å². The van der Waals surface area contributed by atoms with Crippen molar-refractivity contribution in [2.24, 2.45) is 11.7 Å². The number of aromatic nitrogens is 1. The van der Waals surface area contributed by atoms with Crippen LogP contribution in [0.15, 0.2) is 18.3 Å². The van der Waals surface area contributed by atoms with Gasteiger partial charge in [-0.05, 0) is 24.5 Å². The molecule has 18 heavy (non-hydrogen) atoms. The van der Waals surface area contributed by atoms with E-state index in [0.29, 0.717) is 11.6 Å². The maximum absolute atomic E-state index is 7.32. The van der Waals surface area contributed by atoms with Crippen LogP contribution in [-0.4, -0.2) is 37.1 Å². The molecule has 0 aromatic carbocycles. The molecule has 0 saturated carbocycles. The Kier molecular flexibility index (Phi) is 3.81. The largest absolute Gasteiger partial charge is 0.382 e. The van der Waals surface area contributed by atoms with Crippen molar-refractivity contribution in [3.63, 3.8) is 0 Å². The summed E-state index contributed by atoms with van der Waals surface area (Å²) in [6.45, 7) is 4.13. The second-order valence-corrected chi connectivity index (χ2v) is 4.80. The summed E-state index contributed by atoms with van der Waals surface area (Å²) in [5.41, 5.74) is 6.98. The fourth-order valence-electron chi connectivity index (χ4n) is 2.31. The molecule has 5 heteroatoms. The molecular formula is C13H20N4O. The molecule has 0 spiro atoms. The minimum Gasteiger partial charge on any atom is -0.382 e. The predicted molar refractivity (Wildman–Crippen MR) is 72.0 cm³/mol. The monoisotopic (exact) mass is 248 g/mol. The number of piperidine rings is 1. The molecule has 3 N–H and O–H groups in total. The highest BCUT2D eigenvalue weighted by atomic mass is 16.5. The zero-order valence-corrected chi connectivity index (χ0v) is 10.9. The Hall–Kier alpha value is -1.62. The number of methoxy groups -OCH3 is 1. The van der Waals surface area contributed by atoms with Gasteiger partial charge in [0.25, 0.3) is 0 Å². The topological polar surface area (TPSA) is 75.2 Å². The van der Waals surface area contributed by atoms with Gasteiger partial charge in [0.15, 0.2) is 0 Å². The van der Waals surface area contributed by atoms with Crippen molar-refractivity contribution >= 4 is 11.5 Å². The van der Waals surface area contributed by atoms with Crippen LogP contribution in [0.5, 0.6) is 0 Å². The van der Waals surface area contributed by atoms with Gasteiger partial charge in [0.1, 0.15) is 11.5 Å². The van der Waals surface area contributed by atoms with Crippen LogP contribution >= 0.6 is 0 Å². The quantitative estimate of drug-likeness (QED) is 0.623. The minimum atomic E-state index is 0.00332. The van der Waals surface area contributed by atoms with E-state index in [4.69, 9.17) is 15.9 Å². The van der Waals surface area contributed by atoms with Gasteiger partial charge in [-0.2, -0.15) is 0 Å². The van der Waals surface area contributed by atoms with Gasteiger partial charge in [-0.25, -0.2) is 0 Å². The second kappa shape index (κ2) is 5.35. The number of hydrogen-bond acceptors (Lipinski definition) is 4. The van der Waals surface area contributed by atoms with E-state index in [1.54, 1.807) is 19.4 Å². The van der Waals surface area contributed by atoms with Crippen molar-refractivity contribution in [1.29, 1.82) is 5.41 Å². The molecule has 0 bridgehead atoms. The molecule has 2 atom stereocenters. The van der Waals surface area contributed by atoms with Crippen LogP contribution in [0.25, 0.3) is 0 Å². The van der Waals surface area contributed by atoms with Crippen LogP contribution in [0.4, 0.5) is 5.69 Å². The molecule has 0 amide bonds. The van der Waals surface area contributed by atoms with Crippen LogP contribution in [0.2, 0.25) is 0 Å². The maximum Gasteiger partial charge on any atom is 0.141 e. The molecule has 5 nitrogen and oxygen atoms in total. The van der Waals surface area contributed by atoms with Crippen molar-refractivity contribution < 1.29 is 4.74 Å². The van der Waals surface area contributed by atoms with E-state index in [1.807, 2.05) is 6.07 Å². The Morgan fingerprint density at radius 1 is 1.56 bits per heavy atom. The summed E-state index contributed by atoms with van der Waals surface area (Å²) in [6, 6.07) is 3.75. The molecule has 1 aliphatic rings. The predicted octanol–water partition coefficient (Wildman–Crippen LogP) is 1.23. The van der Waals surface area contributed by atoms with Gasteiger partial charge in [0.2, 0.25) is 0 Å². The van der Waals surface area contributed by atoms with Crippen molar-refractivity contribution in [3.05, 3.63) is 24.0 Å². The van der Waals surface area contributed by atoms with Gasteiger partial charge >= 0.3 is 0 Å². The molecule has 2 heterocycles. The van der Waals surface area contributed by atoms with Gasteiger partial charge in [-0.3, -0.25) is 10.4 Å².